The minimum Gasteiger partial charge on any atom is -0.398 e. The van der Waals surface area contributed by atoms with Gasteiger partial charge in [-0.2, -0.15) is 0 Å². The van der Waals surface area contributed by atoms with Crippen LogP contribution in [0.25, 0.3) is 0 Å². The molecule has 0 amide bonds. The van der Waals surface area contributed by atoms with Crippen LogP contribution in [0.4, 0.5) is 10.1 Å². The highest BCUT2D eigenvalue weighted by Gasteiger charge is 2.22. The first-order chi connectivity index (χ1) is 8.49. The van der Waals surface area contributed by atoms with Crippen LogP contribution in [0.15, 0.2) is 23.1 Å². The number of nitrogen functional groups attached to an aromatic ring is 1. The molecule has 1 fully saturated rings. The zero-order valence-corrected chi connectivity index (χ0v) is 10.5. The normalized spacial score (nSPS) is 20.2. The van der Waals surface area contributed by atoms with E-state index in [1.54, 1.807) is 0 Å². The Morgan fingerprint density at radius 3 is 2.94 bits per heavy atom. The number of nitrogens with one attached hydrogen (secondary N) is 1. The van der Waals surface area contributed by atoms with Crippen LogP contribution in [-0.2, 0) is 14.8 Å². The third-order valence-corrected chi connectivity index (χ3v) is 4.27. The van der Waals surface area contributed by atoms with E-state index in [2.05, 4.69) is 4.72 Å². The summed E-state index contributed by atoms with van der Waals surface area (Å²) in [7, 11) is -3.80. The predicted molar refractivity (Wildman–Crippen MR) is 65.0 cm³/mol. The minimum absolute atomic E-state index is 0.0243. The summed E-state index contributed by atoms with van der Waals surface area (Å²) in [6, 6.07) is 3.26. The van der Waals surface area contributed by atoms with E-state index in [0.717, 1.165) is 25.0 Å². The maximum absolute atomic E-state index is 13.0. The summed E-state index contributed by atoms with van der Waals surface area (Å²) in [5.41, 5.74) is 5.57. The first-order valence-electron chi connectivity index (χ1n) is 5.65. The van der Waals surface area contributed by atoms with E-state index < -0.39 is 15.8 Å². The van der Waals surface area contributed by atoms with E-state index in [9.17, 15) is 12.8 Å². The van der Waals surface area contributed by atoms with Crippen molar-refractivity contribution in [1.82, 2.24) is 4.72 Å². The lowest BCUT2D eigenvalue weighted by Crippen LogP contribution is -2.32. The molecule has 1 atom stereocenters. The number of benzene rings is 1. The van der Waals surface area contributed by atoms with Crippen LogP contribution in [0.1, 0.15) is 12.8 Å². The van der Waals surface area contributed by atoms with Crippen LogP contribution >= 0.6 is 0 Å². The quantitative estimate of drug-likeness (QED) is 0.798. The van der Waals surface area contributed by atoms with E-state index >= 15 is 0 Å². The lowest BCUT2D eigenvalue weighted by Gasteiger charge is -2.12. The maximum atomic E-state index is 13.0. The standard InChI is InChI=1S/C11H15FN2O3S/c12-8-3-4-10(13)11(6-8)18(15,16)14-7-9-2-1-5-17-9/h3-4,6,9,14H,1-2,5,7,13H2. The summed E-state index contributed by atoms with van der Waals surface area (Å²) in [5.74, 6) is -0.637. The Morgan fingerprint density at radius 2 is 2.28 bits per heavy atom. The Balaban J connectivity index is 2.12. The fourth-order valence-corrected chi connectivity index (χ4v) is 3.03. The van der Waals surface area contributed by atoms with Gasteiger partial charge in [0.25, 0.3) is 0 Å². The number of anilines is 1. The van der Waals surface area contributed by atoms with Crippen molar-refractivity contribution >= 4 is 15.7 Å². The number of halogens is 1. The monoisotopic (exact) mass is 274 g/mol. The van der Waals surface area contributed by atoms with Gasteiger partial charge in [0.1, 0.15) is 10.7 Å². The summed E-state index contributed by atoms with van der Waals surface area (Å²) in [6.07, 6.45) is 1.63. The van der Waals surface area contributed by atoms with Gasteiger partial charge in [-0.1, -0.05) is 0 Å². The first-order valence-corrected chi connectivity index (χ1v) is 7.13. The van der Waals surface area contributed by atoms with Crippen molar-refractivity contribution < 1.29 is 17.5 Å². The molecule has 1 saturated heterocycles. The summed E-state index contributed by atoms with van der Waals surface area (Å²) in [6.45, 7) is 0.826. The van der Waals surface area contributed by atoms with E-state index in [0.29, 0.717) is 6.61 Å². The maximum Gasteiger partial charge on any atom is 0.242 e. The van der Waals surface area contributed by atoms with Crippen LogP contribution < -0.4 is 10.5 Å². The lowest BCUT2D eigenvalue weighted by atomic mass is 10.2. The molecule has 0 bridgehead atoms. The van der Waals surface area contributed by atoms with Gasteiger partial charge in [-0.3, -0.25) is 0 Å². The van der Waals surface area contributed by atoms with Gasteiger partial charge in [-0.25, -0.2) is 17.5 Å². The molecule has 100 valence electrons. The Kier molecular flexibility index (Phi) is 3.84. The molecule has 1 aliphatic heterocycles. The number of sulfonamides is 1. The molecule has 1 aromatic carbocycles. The van der Waals surface area contributed by atoms with Crippen LogP contribution in [0.2, 0.25) is 0 Å². The molecule has 5 nitrogen and oxygen atoms in total. The number of nitrogens with two attached hydrogens (primary N) is 1. The molecule has 0 aromatic heterocycles. The van der Waals surface area contributed by atoms with E-state index in [-0.39, 0.29) is 23.2 Å². The molecule has 7 heteroatoms. The largest absolute Gasteiger partial charge is 0.398 e. The third-order valence-electron chi connectivity index (χ3n) is 2.79. The molecular formula is C11H15FN2O3S. The average molecular weight is 274 g/mol. The fourth-order valence-electron chi connectivity index (χ4n) is 1.83. The minimum atomic E-state index is -3.80. The molecule has 18 heavy (non-hydrogen) atoms. The van der Waals surface area contributed by atoms with Gasteiger partial charge >= 0.3 is 0 Å². The molecule has 0 radical (unpaired) electrons. The zero-order chi connectivity index (χ0) is 13.2. The average Bonchev–Trinajstić information content (AvgIpc) is 2.83. The topological polar surface area (TPSA) is 81.4 Å². The van der Waals surface area contributed by atoms with Gasteiger partial charge in [0, 0.05) is 13.2 Å². The smallest absolute Gasteiger partial charge is 0.242 e. The van der Waals surface area contributed by atoms with Gasteiger partial charge < -0.3 is 10.5 Å². The molecule has 1 heterocycles. The lowest BCUT2D eigenvalue weighted by molar-refractivity contribution is 0.114. The van der Waals surface area contributed by atoms with Crippen molar-refractivity contribution in [2.75, 3.05) is 18.9 Å². The Morgan fingerprint density at radius 1 is 1.50 bits per heavy atom. The predicted octanol–water partition coefficient (Wildman–Crippen LogP) is 0.865. The highest BCUT2D eigenvalue weighted by Crippen LogP contribution is 2.19. The van der Waals surface area contributed by atoms with Crippen molar-refractivity contribution in [3.8, 4) is 0 Å². The molecule has 0 spiro atoms. The molecule has 1 aliphatic rings. The molecular weight excluding hydrogens is 259 g/mol. The zero-order valence-electron chi connectivity index (χ0n) is 9.73. The number of ether oxygens (including phenoxy) is 1. The van der Waals surface area contributed by atoms with Crippen LogP contribution in [-0.4, -0.2) is 27.7 Å². The van der Waals surface area contributed by atoms with Gasteiger partial charge in [0.15, 0.2) is 0 Å². The number of hydrogen-bond donors (Lipinski definition) is 2. The summed E-state index contributed by atoms with van der Waals surface area (Å²) in [5, 5.41) is 0. The first kappa shape index (κ1) is 13.3. The van der Waals surface area contributed by atoms with Crippen LogP contribution in [0.5, 0.6) is 0 Å². The SMILES string of the molecule is Nc1ccc(F)cc1S(=O)(=O)NCC1CCCO1. The Bertz CT molecular complexity index is 527. The molecule has 3 N–H and O–H groups in total. The Labute approximate surface area is 105 Å². The van der Waals surface area contributed by atoms with Crippen molar-refractivity contribution in [2.45, 2.75) is 23.8 Å². The van der Waals surface area contributed by atoms with Crippen molar-refractivity contribution in [2.24, 2.45) is 0 Å². The second-order valence-corrected chi connectivity index (χ2v) is 5.90. The number of hydrogen-bond acceptors (Lipinski definition) is 4. The summed E-state index contributed by atoms with van der Waals surface area (Å²) in [4.78, 5) is -0.236. The second-order valence-electron chi connectivity index (χ2n) is 4.17. The molecule has 0 aliphatic carbocycles. The van der Waals surface area contributed by atoms with Crippen molar-refractivity contribution in [1.29, 1.82) is 0 Å². The molecule has 1 unspecified atom stereocenters. The highest BCUT2D eigenvalue weighted by atomic mass is 32.2. The van der Waals surface area contributed by atoms with E-state index in [1.165, 1.54) is 6.07 Å². The van der Waals surface area contributed by atoms with Gasteiger partial charge in [-0.15, -0.1) is 0 Å². The van der Waals surface area contributed by atoms with E-state index in [4.69, 9.17) is 10.5 Å². The molecule has 1 aromatic rings. The van der Waals surface area contributed by atoms with Gasteiger partial charge in [0.2, 0.25) is 10.0 Å². The van der Waals surface area contributed by atoms with Crippen LogP contribution in [0.3, 0.4) is 0 Å². The van der Waals surface area contributed by atoms with Crippen molar-refractivity contribution in [3.05, 3.63) is 24.0 Å². The fraction of sp³-hybridized carbons (Fsp3) is 0.455. The third kappa shape index (κ3) is 2.98. The molecule has 2 rings (SSSR count). The summed E-state index contributed by atoms with van der Waals surface area (Å²) < 4.78 is 44.6. The van der Waals surface area contributed by atoms with E-state index in [1.807, 2.05) is 0 Å². The highest BCUT2D eigenvalue weighted by molar-refractivity contribution is 7.89. The van der Waals surface area contributed by atoms with Gasteiger partial charge in [0.05, 0.1) is 11.8 Å². The Hall–Kier alpha value is -1.18. The second kappa shape index (κ2) is 5.21. The van der Waals surface area contributed by atoms with Gasteiger partial charge in [-0.05, 0) is 31.0 Å². The van der Waals surface area contributed by atoms with Crippen LogP contribution in [0, 0.1) is 5.82 Å². The number of rotatable bonds is 4. The summed E-state index contributed by atoms with van der Waals surface area (Å²) >= 11 is 0. The molecule has 0 saturated carbocycles. The van der Waals surface area contributed by atoms with Crippen molar-refractivity contribution in [3.63, 3.8) is 0 Å².